The number of fused-ring (bicyclic) bond motifs is 1. The van der Waals surface area contributed by atoms with Crippen LogP contribution in [0.1, 0.15) is 13.3 Å². The lowest BCUT2D eigenvalue weighted by Gasteiger charge is -2.26. The lowest BCUT2D eigenvalue weighted by Crippen LogP contribution is -2.39. The molecular weight excluding hydrogens is 400 g/mol. The van der Waals surface area contributed by atoms with E-state index in [0.29, 0.717) is 18.0 Å². The average molecular weight is 426 g/mol. The Bertz CT molecular complexity index is 948. The minimum Gasteiger partial charge on any atom is -0.497 e. The lowest BCUT2D eigenvalue weighted by atomic mass is 10.2. The van der Waals surface area contributed by atoms with E-state index in [2.05, 4.69) is 10.5 Å². The Hall–Kier alpha value is -3.59. The number of para-hydroxylation sites is 1. The van der Waals surface area contributed by atoms with Crippen molar-refractivity contribution in [3.8, 4) is 5.75 Å². The third-order valence-electron chi connectivity index (χ3n) is 4.65. The number of carbonyl (C=O) groups is 2. The number of anilines is 3. The SMILES string of the molecule is CCCNC(=O)O/N=C1\CN(c2ccccc2)c2ccc(OC)cc2N(COC)C1=O. The number of hydrogen-bond donors (Lipinski definition) is 1. The van der Waals surface area contributed by atoms with Gasteiger partial charge in [0.05, 0.1) is 25.0 Å². The molecule has 0 aromatic heterocycles. The lowest BCUT2D eigenvalue weighted by molar-refractivity contribution is -0.113. The number of carbonyl (C=O) groups excluding carboxylic acids is 2. The summed E-state index contributed by atoms with van der Waals surface area (Å²) in [5.41, 5.74) is 2.26. The fourth-order valence-corrected chi connectivity index (χ4v) is 3.16. The number of hydrogen-bond acceptors (Lipinski definition) is 7. The molecule has 0 radical (unpaired) electrons. The molecule has 9 heteroatoms. The molecule has 1 aliphatic rings. The van der Waals surface area contributed by atoms with E-state index >= 15 is 0 Å². The van der Waals surface area contributed by atoms with Crippen LogP contribution in [-0.4, -0.2) is 51.8 Å². The number of nitrogens with zero attached hydrogens (tertiary/aromatic N) is 3. The Kier molecular flexibility index (Phi) is 7.45. The van der Waals surface area contributed by atoms with E-state index in [0.717, 1.165) is 17.8 Å². The van der Waals surface area contributed by atoms with E-state index in [1.807, 2.05) is 54.3 Å². The van der Waals surface area contributed by atoms with E-state index in [1.165, 1.54) is 12.0 Å². The second-order valence-electron chi connectivity index (χ2n) is 6.77. The standard InChI is InChI=1S/C22H26N4O5/c1-4-12-23-22(28)31-24-18-14-25(16-8-6-5-7-9-16)19-11-10-17(30-3)13-20(19)26(15-29-2)21(18)27/h5-11,13H,4,12,14-15H2,1-3H3,(H,23,28)/b24-18+. The zero-order valence-electron chi connectivity index (χ0n) is 17.8. The second kappa shape index (κ2) is 10.4. The summed E-state index contributed by atoms with van der Waals surface area (Å²) < 4.78 is 10.6. The fourth-order valence-electron chi connectivity index (χ4n) is 3.16. The predicted octanol–water partition coefficient (Wildman–Crippen LogP) is 3.28. The largest absolute Gasteiger partial charge is 0.497 e. The Morgan fingerprint density at radius 1 is 1.13 bits per heavy atom. The Morgan fingerprint density at radius 3 is 2.58 bits per heavy atom. The van der Waals surface area contributed by atoms with Gasteiger partial charge in [-0.05, 0) is 30.7 Å². The van der Waals surface area contributed by atoms with Gasteiger partial charge in [0.1, 0.15) is 12.5 Å². The number of benzene rings is 2. The van der Waals surface area contributed by atoms with Crippen molar-refractivity contribution in [3.05, 3.63) is 48.5 Å². The van der Waals surface area contributed by atoms with Crippen LogP contribution in [0.4, 0.5) is 21.9 Å². The number of rotatable bonds is 7. The van der Waals surface area contributed by atoms with Crippen molar-refractivity contribution in [3.63, 3.8) is 0 Å². The second-order valence-corrected chi connectivity index (χ2v) is 6.77. The molecule has 164 valence electrons. The molecular formula is C22H26N4O5. The zero-order chi connectivity index (χ0) is 22.2. The molecule has 9 nitrogen and oxygen atoms in total. The first-order valence-corrected chi connectivity index (χ1v) is 9.92. The highest BCUT2D eigenvalue weighted by molar-refractivity contribution is 6.46. The van der Waals surface area contributed by atoms with Gasteiger partial charge in [-0.25, -0.2) is 4.79 Å². The van der Waals surface area contributed by atoms with Crippen molar-refractivity contribution in [2.45, 2.75) is 13.3 Å². The first-order valence-electron chi connectivity index (χ1n) is 9.92. The zero-order valence-corrected chi connectivity index (χ0v) is 17.8. The van der Waals surface area contributed by atoms with Crippen LogP contribution in [0.2, 0.25) is 0 Å². The van der Waals surface area contributed by atoms with Gasteiger partial charge < -0.3 is 19.7 Å². The van der Waals surface area contributed by atoms with Gasteiger partial charge in [-0.2, -0.15) is 0 Å². The summed E-state index contributed by atoms with van der Waals surface area (Å²) >= 11 is 0. The summed E-state index contributed by atoms with van der Waals surface area (Å²) in [7, 11) is 3.06. The fraction of sp³-hybridized carbons (Fsp3) is 0.318. The molecule has 2 aromatic carbocycles. The third kappa shape index (κ3) is 5.13. The predicted molar refractivity (Wildman–Crippen MR) is 118 cm³/mol. The van der Waals surface area contributed by atoms with Crippen LogP contribution in [-0.2, 0) is 14.4 Å². The Labute approximate surface area is 181 Å². The summed E-state index contributed by atoms with van der Waals surface area (Å²) in [4.78, 5) is 33.5. The number of nitrogens with one attached hydrogen (secondary N) is 1. The molecule has 0 saturated carbocycles. The van der Waals surface area contributed by atoms with Crippen LogP contribution in [0.3, 0.4) is 0 Å². The molecule has 0 bridgehead atoms. The molecule has 1 N–H and O–H groups in total. The van der Waals surface area contributed by atoms with Crippen molar-refractivity contribution >= 4 is 34.8 Å². The third-order valence-corrected chi connectivity index (χ3v) is 4.65. The molecule has 0 saturated heterocycles. The van der Waals surface area contributed by atoms with Crippen LogP contribution >= 0.6 is 0 Å². The summed E-state index contributed by atoms with van der Waals surface area (Å²) in [6, 6.07) is 15.0. The highest BCUT2D eigenvalue weighted by Gasteiger charge is 2.33. The van der Waals surface area contributed by atoms with Gasteiger partial charge in [0, 0.05) is 25.4 Å². The molecule has 2 aromatic rings. The van der Waals surface area contributed by atoms with Crippen molar-refractivity contribution in [1.82, 2.24) is 5.32 Å². The van der Waals surface area contributed by atoms with Crippen molar-refractivity contribution in [2.75, 3.05) is 43.8 Å². The molecule has 2 amide bonds. The Balaban J connectivity index is 2.07. The van der Waals surface area contributed by atoms with Gasteiger partial charge in [0.2, 0.25) is 0 Å². The summed E-state index contributed by atoms with van der Waals surface area (Å²) in [6.45, 7) is 2.47. The molecule has 3 rings (SSSR count). The van der Waals surface area contributed by atoms with Crippen LogP contribution in [0.25, 0.3) is 0 Å². The van der Waals surface area contributed by atoms with Crippen molar-refractivity contribution < 1.29 is 23.9 Å². The van der Waals surface area contributed by atoms with Gasteiger partial charge in [-0.15, -0.1) is 0 Å². The molecule has 1 heterocycles. The minimum atomic E-state index is -0.713. The quantitative estimate of drug-likeness (QED) is 0.540. The first-order chi connectivity index (χ1) is 15.1. The molecule has 0 atom stereocenters. The van der Waals surface area contributed by atoms with Gasteiger partial charge in [-0.1, -0.05) is 30.3 Å². The van der Waals surface area contributed by atoms with Crippen LogP contribution in [0, 0.1) is 0 Å². The summed E-state index contributed by atoms with van der Waals surface area (Å²) in [6.07, 6.45) is 0.0423. The molecule has 0 spiro atoms. The van der Waals surface area contributed by atoms with Gasteiger partial charge >= 0.3 is 6.09 Å². The highest BCUT2D eigenvalue weighted by Crippen LogP contribution is 2.39. The Morgan fingerprint density at radius 2 is 1.90 bits per heavy atom. The maximum absolute atomic E-state index is 13.3. The van der Waals surface area contributed by atoms with E-state index in [-0.39, 0.29) is 19.0 Å². The molecule has 0 fully saturated rings. The number of oxime groups is 1. The van der Waals surface area contributed by atoms with Crippen LogP contribution in [0.5, 0.6) is 5.75 Å². The molecule has 0 unspecified atom stereocenters. The summed E-state index contributed by atoms with van der Waals surface area (Å²) in [5, 5.41) is 6.46. The number of methoxy groups -OCH3 is 2. The normalized spacial score (nSPS) is 14.8. The minimum absolute atomic E-state index is 0.0112. The van der Waals surface area contributed by atoms with Crippen molar-refractivity contribution in [2.24, 2.45) is 5.16 Å². The van der Waals surface area contributed by atoms with Crippen molar-refractivity contribution in [1.29, 1.82) is 0 Å². The van der Waals surface area contributed by atoms with E-state index in [4.69, 9.17) is 14.3 Å². The first kappa shape index (κ1) is 22.1. The highest BCUT2D eigenvalue weighted by atomic mass is 16.7. The smallest absolute Gasteiger partial charge is 0.433 e. The molecule has 31 heavy (non-hydrogen) atoms. The summed E-state index contributed by atoms with van der Waals surface area (Å²) in [5.74, 6) is 0.161. The van der Waals surface area contributed by atoms with E-state index in [1.54, 1.807) is 13.2 Å². The van der Waals surface area contributed by atoms with Crippen LogP contribution < -0.4 is 19.9 Å². The monoisotopic (exact) mass is 426 g/mol. The molecule has 1 aliphatic heterocycles. The molecule has 0 aliphatic carbocycles. The van der Waals surface area contributed by atoms with Crippen LogP contribution in [0.15, 0.2) is 53.7 Å². The van der Waals surface area contributed by atoms with Gasteiger partial charge in [0.15, 0.2) is 5.71 Å². The maximum Gasteiger partial charge on any atom is 0.433 e. The van der Waals surface area contributed by atoms with E-state index in [9.17, 15) is 9.59 Å². The number of amides is 2. The van der Waals surface area contributed by atoms with Gasteiger partial charge in [-0.3, -0.25) is 14.5 Å². The topological polar surface area (TPSA) is 92.7 Å². The van der Waals surface area contributed by atoms with Gasteiger partial charge in [0.25, 0.3) is 5.91 Å². The average Bonchev–Trinajstić information content (AvgIpc) is 2.91. The van der Waals surface area contributed by atoms with E-state index < -0.39 is 12.0 Å². The maximum atomic E-state index is 13.3. The number of ether oxygens (including phenoxy) is 2.